The Morgan fingerprint density at radius 3 is 2.88 bits per heavy atom. The minimum atomic E-state index is -1.21. The van der Waals surface area contributed by atoms with Gasteiger partial charge in [0, 0.05) is 11.7 Å². The lowest BCUT2D eigenvalue weighted by atomic mass is 9.98. The van der Waals surface area contributed by atoms with Crippen LogP contribution in [0, 0.1) is 0 Å². The van der Waals surface area contributed by atoms with Gasteiger partial charge in [0.25, 0.3) is 0 Å². The maximum absolute atomic E-state index is 10.2. The molecule has 88 valence electrons. The molecular weight excluding hydrogens is 244 g/mol. The van der Waals surface area contributed by atoms with Crippen molar-refractivity contribution in [2.24, 2.45) is 0 Å². The van der Waals surface area contributed by atoms with Crippen LogP contribution < -0.4 is 0 Å². The Morgan fingerprint density at radius 2 is 2.25 bits per heavy atom. The van der Waals surface area contributed by atoms with Crippen molar-refractivity contribution in [3.05, 3.63) is 29.8 Å². The van der Waals surface area contributed by atoms with Crippen molar-refractivity contribution in [3.63, 3.8) is 0 Å². The fraction of sp³-hybridized carbons (Fsp3) is 0.364. The Labute approximate surface area is 104 Å². The SMILES string of the molecule is CC(CCOC(=O)O)c1ccccc1S[SH2+]. The highest BCUT2D eigenvalue weighted by Gasteiger charge is 2.12. The highest BCUT2D eigenvalue weighted by molar-refractivity contribution is 8.59. The number of carboxylic acid groups (broad SMARTS) is 1. The molecule has 0 bridgehead atoms. The van der Waals surface area contributed by atoms with Crippen molar-refractivity contribution in [2.45, 2.75) is 24.2 Å². The minimum Gasteiger partial charge on any atom is -0.450 e. The van der Waals surface area contributed by atoms with E-state index < -0.39 is 6.16 Å². The van der Waals surface area contributed by atoms with Gasteiger partial charge in [-0.25, -0.2) is 4.79 Å². The van der Waals surface area contributed by atoms with Crippen LogP contribution in [0.5, 0.6) is 0 Å². The van der Waals surface area contributed by atoms with E-state index in [0.717, 1.165) is 4.90 Å². The van der Waals surface area contributed by atoms with E-state index in [9.17, 15) is 4.79 Å². The molecule has 0 saturated heterocycles. The van der Waals surface area contributed by atoms with Gasteiger partial charge in [-0.3, -0.25) is 0 Å². The average Bonchev–Trinajstić information content (AvgIpc) is 2.28. The summed E-state index contributed by atoms with van der Waals surface area (Å²) in [7, 11) is 1.51. The first kappa shape index (κ1) is 13.3. The van der Waals surface area contributed by atoms with Crippen LogP contribution in [0.3, 0.4) is 0 Å². The monoisotopic (exact) mass is 259 g/mol. The lowest BCUT2D eigenvalue weighted by molar-refractivity contribution is 0.0892. The second-order valence-corrected chi connectivity index (χ2v) is 4.70. The van der Waals surface area contributed by atoms with E-state index in [4.69, 9.17) is 5.11 Å². The van der Waals surface area contributed by atoms with Gasteiger partial charge in [-0.05, 0) is 24.0 Å². The quantitative estimate of drug-likeness (QED) is 0.502. The largest absolute Gasteiger partial charge is 0.505 e. The third kappa shape index (κ3) is 3.98. The van der Waals surface area contributed by atoms with Gasteiger partial charge in [-0.15, -0.1) is 0 Å². The first-order valence-electron chi connectivity index (χ1n) is 4.93. The highest BCUT2D eigenvalue weighted by atomic mass is 33.1. The molecule has 0 aliphatic rings. The Kier molecular flexibility index (Phi) is 5.55. The van der Waals surface area contributed by atoms with Gasteiger partial charge in [0.1, 0.15) is 10.8 Å². The van der Waals surface area contributed by atoms with Crippen molar-refractivity contribution in [1.29, 1.82) is 0 Å². The molecule has 1 aromatic carbocycles. The van der Waals surface area contributed by atoms with Crippen LogP contribution in [0.2, 0.25) is 0 Å². The number of ether oxygens (including phenoxy) is 1. The van der Waals surface area contributed by atoms with Crippen LogP contribution in [0.15, 0.2) is 29.2 Å². The molecule has 0 radical (unpaired) electrons. The highest BCUT2D eigenvalue weighted by Crippen LogP contribution is 2.29. The van der Waals surface area contributed by atoms with Gasteiger partial charge >= 0.3 is 6.16 Å². The molecule has 1 aromatic rings. The second-order valence-electron chi connectivity index (χ2n) is 3.44. The van der Waals surface area contributed by atoms with Gasteiger partial charge in [-0.1, -0.05) is 25.1 Å². The molecule has 3 nitrogen and oxygen atoms in total. The zero-order valence-electron chi connectivity index (χ0n) is 8.97. The maximum Gasteiger partial charge on any atom is 0.505 e. The Bertz CT molecular complexity index is 355. The van der Waals surface area contributed by atoms with Gasteiger partial charge in [0.15, 0.2) is 0 Å². The van der Waals surface area contributed by atoms with Crippen LogP contribution in [-0.4, -0.2) is 17.9 Å². The summed E-state index contributed by atoms with van der Waals surface area (Å²) >= 11 is 3.41. The van der Waals surface area contributed by atoms with Crippen LogP contribution in [0.1, 0.15) is 24.8 Å². The van der Waals surface area contributed by atoms with E-state index in [1.807, 2.05) is 24.3 Å². The summed E-state index contributed by atoms with van der Waals surface area (Å²) in [6.45, 7) is 2.30. The number of benzene rings is 1. The van der Waals surface area contributed by atoms with Crippen LogP contribution >= 0.6 is 10.8 Å². The third-order valence-corrected chi connectivity index (χ3v) is 3.59. The lowest BCUT2D eigenvalue weighted by Gasteiger charge is -2.13. The Hall–Kier alpha value is -0.810. The van der Waals surface area contributed by atoms with Crippen LogP contribution in [0.25, 0.3) is 0 Å². The first-order valence-corrected chi connectivity index (χ1v) is 6.97. The Balaban J connectivity index is 2.58. The van der Waals surface area contributed by atoms with E-state index in [1.54, 1.807) is 0 Å². The van der Waals surface area contributed by atoms with E-state index in [2.05, 4.69) is 23.3 Å². The lowest BCUT2D eigenvalue weighted by Crippen LogP contribution is -2.05. The fourth-order valence-electron chi connectivity index (χ4n) is 1.46. The predicted octanol–water partition coefficient (Wildman–Crippen LogP) is 2.89. The number of hydrogen-bond donors (Lipinski definition) is 1. The van der Waals surface area contributed by atoms with Crippen molar-refractivity contribution in [3.8, 4) is 0 Å². The van der Waals surface area contributed by atoms with Gasteiger partial charge in [0.05, 0.1) is 11.5 Å². The van der Waals surface area contributed by atoms with Crippen molar-refractivity contribution < 1.29 is 14.6 Å². The predicted molar refractivity (Wildman–Crippen MR) is 69.5 cm³/mol. The van der Waals surface area contributed by atoms with Crippen LogP contribution in [-0.2, 0) is 16.4 Å². The number of rotatable bonds is 5. The van der Waals surface area contributed by atoms with Crippen molar-refractivity contribution in [2.75, 3.05) is 6.61 Å². The molecule has 0 fully saturated rings. The standard InChI is InChI=1S/C11H14O3S2/c1-8(6-7-14-11(12)13)9-4-2-3-5-10(9)16-15/h2-5,8,15H,6-7H2,1H3,(H,12,13)/p+1. The van der Waals surface area contributed by atoms with E-state index in [-0.39, 0.29) is 12.5 Å². The fourth-order valence-corrected chi connectivity index (χ4v) is 2.55. The summed E-state index contributed by atoms with van der Waals surface area (Å²) in [6, 6.07) is 8.04. The topological polar surface area (TPSA) is 46.5 Å². The molecule has 0 heterocycles. The molecule has 16 heavy (non-hydrogen) atoms. The zero-order valence-corrected chi connectivity index (χ0v) is 10.8. The molecule has 0 spiro atoms. The number of hydrogen-bond acceptors (Lipinski definition) is 3. The molecular formula is C11H15O3S2+. The summed E-state index contributed by atoms with van der Waals surface area (Å²) in [4.78, 5) is 11.4. The second kappa shape index (κ2) is 6.70. The molecule has 0 saturated carbocycles. The van der Waals surface area contributed by atoms with Gasteiger partial charge in [-0.2, -0.15) is 0 Å². The molecule has 0 aromatic heterocycles. The van der Waals surface area contributed by atoms with Gasteiger partial charge < -0.3 is 9.84 Å². The average molecular weight is 259 g/mol. The maximum atomic E-state index is 10.2. The molecule has 1 rings (SSSR count). The molecule has 1 atom stereocenters. The normalized spacial score (nSPS) is 12.1. The molecule has 5 heteroatoms. The van der Waals surface area contributed by atoms with Gasteiger partial charge in [0.2, 0.25) is 0 Å². The molecule has 0 aliphatic heterocycles. The van der Waals surface area contributed by atoms with Crippen LogP contribution in [0.4, 0.5) is 4.79 Å². The van der Waals surface area contributed by atoms with E-state index in [1.165, 1.54) is 16.4 Å². The molecule has 0 aliphatic carbocycles. The Morgan fingerprint density at radius 1 is 1.56 bits per heavy atom. The zero-order chi connectivity index (χ0) is 12.0. The third-order valence-electron chi connectivity index (χ3n) is 2.34. The minimum absolute atomic E-state index is 0.233. The summed E-state index contributed by atoms with van der Waals surface area (Å²) in [6.07, 6.45) is -0.522. The number of carbonyl (C=O) groups is 1. The summed E-state index contributed by atoms with van der Waals surface area (Å²) < 4.78 is 4.51. The van der Waals surface area contributed by atoms with E-state index >= 15 is 0 Å². The van der Waals surface area contributed by atoms with E-state index in [0.29, 0.717) is 6.42 Å². The molecule has 1 N–H and O–H groups in total. The van der Waals surface area contributed by atoms with Crippen molar-refractivity contribution in [1.82, 2.24) is 0 Å². The summed E-state index contributed by atoms with van der Waals surface area (Å²) in [5.74, 6) is 0.277. The van der Waals surface area contributed by atoms with Crippen molar-refractivity contribution >= 4 is 28.6 Å². The summed E-state index contributed by atoms with van der Waals surface area (Å²) in [5.41, 5.74) is 1.21. The first-order chi connectivity index (χ1) is 7.65. The molecule has 1 unspecified atom stereocenters. The molecule has 0 amide bonds. The smallest absolute Gasteiger partial charge is 0.450 e. The summed E-state index contributed by atoms with van der Waals surface area (Å²) in [5, 5.41) is 8.36.